The molecule has 63 heavy (non-hydrogen) atoms. The van der Waals surface area contributed by atoms with Gasteiger partial charge in [0.2, 0.25) is 0 Å². The molecular weight excluding hydrogens is 1130 g/mol. The number of nitrogens with zero attached hydrogens (tertiary/aromatic N) is 6. The van der Waals surface area contributed by atoms with Gasteiger partial charge in [0.1, 0.15) is 41.9 Å². The van der Waals surface area contributed by atoms with Gasteiger partial charge in [-0.1, -0.05) is 23.2 Å². The standard InChI is InChI=1S/C18H20ClN3O3.C10H15N3O3S.C9H9ClO3.CH3F.CH2O3.2Cs.H/c1-12-15(18(23)24-2)9-13(19)10-16(12)25-14-4-7-22(8-5-14)17-3-6-20-11-21-17;1-17(14,15)16-9-3-6-13(7-4-9)10-2-5-11-8-12-10;1-5-7(9(12)13-2)3-6(10)4-8(5)11;1-2;2-1-4-3;;;/h3,6,9-11,14H,4-5,7-8H2,1-2H3;2,5,8-9H,3-4,6-7H2,1H3;3-4,11H,1-2H3;1H3;1,3H;;;/q;;;;;2*+1;-1/p-1/i;;;1D;;;;. The van der Waals surface area contributed by atoms with Crippen molar-refractivity contribution in [2.75, 3.05) is 63.6 Å². The first-order valence-electron chi connectivity index (χ1n) is 18.8. The average molecular weight is 1180 g/mol. The molecule has 2 aliphatic rings. The Hall–Kier alpha value is -1.31. The summed E-state index contributed by atoms with van der Waals surface area (Å²) in [5.74, 6) is 1.51. The molecule has 2 saturated heterocycles. The molecule has 336 valence electrons. The maximum Gasteiger partial charge on any atom is 1.00 e. The number of hydrogen-bond donors (Lipinski definition) is 1. The van der Waals surface area contributed by atoms with E-state index in [1.54, 1.807) is 37.8 Å². The minimum Gasteiger partial charge on any atom is -1.00 e. The fraction of sp³-hybridized carbons (Fsp3) is 0.410. The molecule has 18 nitrogen and oxygen atoms in total. The second-order valence-electron chi connectivity index (χ2n) is 12.8. The topological polar surface area (TPSA) is 233 Å². The second-order valence-corrected chi connectivity index (χ2v) is 15.2. The van der Waals surface area contributed by atoms with Crippen LogP contribution in [0.2, 0.25) is 10.0 Å². The maximum atomic E-state index is 11.9. The number of piperidine rings is 2. The number of anilines is 2. The summed E-state index contributed by atoms with van der Waals surface area (Å²) >= 11 is 11.8. The number of carbonyl (C=O) groups is 3. The number of aromatic nitrogens is 4. The number of methoxy groups -OCH3 is 2. The number of carbonyl (C=O) groups excluding carboxylic acids is 3. The quantitative estimate of drug-likeness (QED) is 0.0695. The number of phenolic OH excluding ortho intramolecular Hbond substituents is 1. The van der Waals surface area contributed by atoms with Gasteiger partial charge in [-0.2, -0.15) is 8.42 Å². The summed E-state index contributed by atoms with van der Waals surface area (Å²) in [4.78, 5) is 54.8. The summed E-state index contributed by atoms with van der Waals surface area (Å²) in [6.45, 7) is 6.48. The molecule has 0 bridgehead atoms. The van der Waals surface area contributed by atoms with Gasteiger partial charge in [0.15, 0.2) is 0 Å². The Labute approximate surface area is 497 Å². The van der Waals surface area contributed by atoms with E-state index in [0.29, 0.717) is 39.8 Å². The number of benzene rings is 2. The molecule has 2 aromatic carbocycles. The average Bonchev–Trinajstić information content (AvgIpc) is 3.27. The number of ether oxygens (including phenoxy) is 3. The zero-order valence-electron chi connectivity index (χ0n) is 38.0. The van der Waals surface area contributed by atoms with Crippen molar-refractivity contribution in [2.45, 2.75) is 51.7 Å². The summed E-state index contributed by atoms with van der Waals surface area (Å²) < 4.78 is 57.9. The van der Waals surface area contributed by atoms with Crippen molar-refractivity contribution >= 4 is 63.4 Å². The van der Waals surface area contributed by atoms with E-state index >= 15 is 0 Å². The fourth-order valence-corrected chi connectivity index (χ4v) is 6.94. The van der Waals surface area contributed by atoms with Crippen LogP contribution in [0.25, 0.3) is 0 Å². The van der Waals surface area contributed by atoms with Crippen LogP contribution < -0.4 is 158 Å². The summed E-state index contributed by atoms with van der Waals surface area (Å²) in [5.41, 5.74) is 1.93. The van der Waals surface area contributed by atoms with Gasteiger partial charge in [0.25, 0.3) is 16.6 Å². The van der Waals surface area contributed by atoms with Crippen LogP contribution >= 0.6 is 23.2 Å². The van der Waals surface area contributed by atoms with E-state index in [-0.39, 0.29) is 169 Å². The van der Waals surface area contributed by atoms with E-state index in [1.165, 1.54) is 32.7 Å². The summed E-state index contributed by atoms with van der Waals surface area (Å²) in [7, 11) is -1.72. The van der Waals surface area contributed by atoms with Crippen molar-refractivity contribution in [3.63, 3.8) is 0 Å². The number of alkyl halides is 1. The monoisotopic (exact) mass is 1180 g/mol. The normalized spacial score (nSPS) is 13.6. The Morgan fingerprint density at radius 2 is 1.27 bits per heavy atom. The SMILES string of the molecule is COC(=O)c1cc(Cl)cc(O)c1C.COC(=O)c1cc(Cl)cc(OC2CCN(c3ccncn3)CC2)c1C.CS(=O)(=O)OC1CCN(c2ccncn2)CC1.O=CO[O-].[2H]CF.[Cs+].[Cs+].[H-]. The zero-order valence-corrected chi connectivity index (χ0v) is 50.9. The molecule has 1 N–H and O–H groups in total. The predicted octanol–water partition coefficient (Wildman–Crippen LogP) is -1.02. The van der Waals surface area contributed by atoms with E-state index in [1.807, 2.05) is 19.1 Å². The van der Waals surface area contributed by atoms with Crippen molar-refractivity contribution < 1.29 is 201 Å². The third-order valence-electron chi connectivity index (χ3n) is 8.79. The molecule has 4 heterocycles. The van der Waals surface area contributed by atoms with Crippen LogP contribution in [-0.2, 0) is 33.5 Å². The van der Waals surface area contributed by atoms with Gasteiger partial charge in [0.05, 0.1) is 46.2 Å². The smallest absolute Gasteiger partial charge is 1.00 e. The van der Waals surface area contributed by atoms with Crippen LogP contribution in [0.4, 0.5) is 16.0 Å². The van der Waals surface area contributed by atoms with Crippen LogP contribution in [0.15, 0.2) is 61.4 Å². The molecule has 0 amide bonds. The van der Waals surface area contributed by atoms with Crippen LogP contribution in [0.5, 0.6) is 11.5 Å². The fourth-order valence-electron chi connectivity index (χ4n) is 5.84. The molecule has 2 aliphatic heterocycles. The largest absolute Gasteiger partial charge is 1.00 e. The summed E-state index contributed by atoms with van der Waals surface area (Å²) in [5, 5.41) is 18.5. The molecule has 0 aliphatic carbocycles. The van der Waals surface area contributed by atoms with Gasteiger partial charge >= 0.3 is 150 Å². The van der Waals surface area contributed by atoms with Crippen molar-refractivity contribution in [3.8, 4) is 11.5 Å². The van der Waals surface area contributed by atoms with E-state index < -0.39 is 29.2 Å². The van der Waals surface area contributed by atoms with Crippen LogP contribution in [0.3, 0.4) is 0 Å². The zero-order chi connectivity index (χ0) is 46.2. The second kappa shape index (κ2) is 33.2. The Morgan fingerprint density at radius 3 is 1.65 bits per heavy atom. The van der Waals surface area contributed by atoms with E-state index in [4.69, 9.17) is 48.3 Å². The molecule has 0 spiro atoms. The van der Waals surface area contributed by atoms with Gasteiger partial charge in [-0.15, -0.1) is 0 Å². The number of rotatable bonds is 9. The van der Waals surface area contributed by atoms with Crippen molar-refractivity contribution in [1.29, 1.82) is 0 Å². The number of esters is 2. The minimum atomic E-state index is -3.35. The van der Waals surface area contributed by atoms with E-state index in [2.05, 4.69) is 39.4 Å². The molecule has 2 fully saturated rings. The molecule has 0 radical (unpaired) electrons. The molecule has 0 unspecified atom stereocenters. The minimum absolute atomic E-state index is 0. The predicted molar refractivity (Wildman–Crippen MR) is 223 cm³/mol. The van der Waals surface area contributed by atoms with Crippen molar-refractivity contribution in [1.82, 2.24) is 19.9 Å². The van der Waals surface area contributed by atoms with Gasteiger partial charge < -0.3 is 40.7 Å². The first kappa shape index (κ1) is 59.7. The molecule has 6 rings (SSSR count). The molecule has 2 aromatic heterocycles. The van der Waals surface area contributed by atoms with Crippen LogP contribution in [0, 0.1) is 13.8 Å². The summed E-state index contributed by atoms with van der Waals surface area (Å²) in [6.07, 6.45) is 10.6. The first-order valence-corrected chi connectivity index (χ1v) is 20.7. The molecular formula is C39H49Cl2Cs2FN6O12S. The van der Waals surface area contributed by atoms with Crippen LogP contribution in [-0.4, -0.2) is 118 Å². The van der Waals surface area contributed by atoms with Gasteiger partial charge in [-0.3, -0.25) is 13.4 Å². The first-order chi connectivity index (χ1) is 29.5. The number of halogens is 3. The van der Waals surface area contributed by atoms with Crippen LogP contribution in [0.1, 0.15) is 60.3 Å². The number of phenols is 1. The Bertz CT molecular complexity index is 2120. The van der Waals surface area contributed by atoms with Gasteiger partial charge in [-0.05, 0) is 63.1 Å². The van der Waals surface area contributed by atoms with Crippen molar-refractivity contribution in [3.05, 3.63) is 93.7 Å². The van der Waals surface area contributed by atoms with Crippen molar-refractivity contribution in [2.24, 2.45) is 0 Å². The van der Waals surface area contributed by atoms with E-state index in [0.717, 1.165) is 62.5 Å². The number of aromatic hydroxyl groups is 1. The Morgan fingerprint density at radius 1 is 0.857 bits per heavy atom. The van der Waals surface area contributed by atoms with E-state index in [9.17, 15) is 27.5 Å². The molecule has 24 heteroatoms. The Kier molecular flexibility index (Phi) is 31.5. The van der Waals surface area contributed by atoms with Gasteiger partial charge in [0, 0.05) is 72.6 Å². The maximum absolute atomic E-state index is 11.9. The Balaban J connectivity index is 0. The third kappa shape index (κ3) is 22.4. The number of hydrogen-bond acceptors (Lipinski definition) is 18. The van der Waals surface area contributed by atoms with Gasteiger partial charge in [-0.25, -0.2) is 29.5 Å². The molecule has 4 aromatic rings. The summed E-state index contributed by atoms with van der Waals surface area (Å²) in [6, 6.07) is 9.95. The molecule has 0 atom stereocenters. The molecule has 0 saturated carbocycles. The third-order valence-corrected chi connectivity index (χ3v) is 9.85.